The van der Waals surface area contributed by atoms with E-state index in [9.17, 15) is 4.79 Å². The largest absolute Gasteiger partial charge is 0.306 e. The fraction of sp³-hybridized carbons (Fsp3) is 0.458. The maximum Gasteiger partial charge on any atom is 0.230 e. The second kappa shape index (κ2) is 7.31. The van der Waals surface area contributed by atoms with Crippen LogP contribution in [0.4, 0.5) is 5.69 Å². The Labute approximate surface area is 168 Å². The zero-order valence-corrected chi connectivity index (χ0v) is 17.8. The average Bonchev–Trinajstić information content (AvgIpc) is 2.62. The van der Waals surface area contributed by atoms with Crippen molar-refractivity contribution in [3.05, 3.63) is 64.7 Å². The fourth-order valence-corrected chi connectivity index (χ4v) is 4.94. The number of benzene rings is 2. The Morgan fingerprint density at radius 3 is 2.22 bits per heavy atom. The number of nitrogens with zero attached hydrogens (tertiary/aromatic N) is 1. The summed E-state index contributed by atoms with van der Waals surface area (Å²) in [4.78, 5) is 15.5. The Balaban J connectivity index is 2.18. The molecule has 0 radical (unpaired) electrons. The van der Waals surface area contributed by atoms with Crippen LogP contribution in [0.2, 0.25) is 5.02 Å². The quantitative estimate of drug-likeness (QED) is 0.582. The molecule has 0 aliphatic carbocycles. The Bertz CT molecular complexity index is 823. The molecule has 2 aromatic carbocycles. The molecule has 1 aliphatic rings. The van der Waals surface area contributed by atoms with Crippen LogP contribution in [0.1, 0.15) is 65.0 Å². The molecule has 3 heteroatoms. The molecule has 0 aromatic heterocycles. The zero-order valence-electron chi connectivity index (χ0n) is 17.1. The van der Waals surface area contributed by atoms with Gasteiger partial charge in [-0.25, -0.2) is 0 Å². The monoisotopic (exact) mass is 383 g/mol. The van der Waals surface area contributed by atoms with Gasteiger partial charge in [0.25, 0.3) is 0 Å². The van der Waals surface area contributed by atoms with Gasteiger partial charge in [0.15, 0.2) is 0 Å². The van der Waals surface area contributed by atoms with E-state index in [1.807, 2.05) is 18.2 Å². The van der Waals surface area contributed by atoms with Gasteiger partial charge in [-0.2, -0.15) is 0 Å². The minimum Gasteiger partial charge on any atom is -0.306 e. The molecule has 144 valence electrons. The van der Waals surface area contributed by atoms with E-state index in [0.29, 0.717) is 0 Å². The van der Waals surface area contributed by atoms with Gasteiger partial charge in [-0.3, -0.25) is 4.79 Å². The molecule has 1 amide bonds. The number of carbonyl (C=O) groups excluding carboxylic acids is 1. The van der Waals surface area contributed by atoms with Gasteiger partial charge in [0.2, 0.25) is 5.91 Å². The number of hydrogen-bond donors (Lipinski definition) is 0. The molecule has 0 bridgehead atoms. The summed E-state index contributed by atoms with van der Waals surface area (Å²) in [6.45, 7) is 10.9. The molecule has 27 heavy (non-hydrogen) atoms. The van der Waals surface area contributed by atoms with Crippen molar-refractivity contribution >= 4 is 23.2 Å². The maximum atomic E-state index is 13.4. The number of carbonyl (C=O) groups is 1. The highest BCUT2D eigenvalue weighted by atomic mass is 35.5. The van der Waals surface area contributed by atoms with E-state index >= 15 is 0 Å². The van der Waals surface area contributed by atoms with Gasteiger partial charge < -0.3 is 4.90 Å². The molecule has 0 N–H and O–H groups in total. The van der Waals surface area contributed by atoms with Crippen LogP contribution in [0.5, 0.6) is 0 Å². The summed E-state index contributed by atoms with van der Waals surface area (Å²) in [5.41, 5.74) is 3.05. The van der Waals surface area contributed by atoms with Crippen LogP contribution in [-0.4, -0.2) is 11.4 Å². The Hall–Kier alpha value is -1.80. The Morgan fingerprint density at radius 2 is 1.63 bits per heavy atom. The number of amides is 1. The highest BCUT2D eigenvalue weighted by Crippen LogP contribution is 2.50. The van der Waals surface area contributed by atoms with Gasteiger partial charge in [0, 0.05) is 27.6 Å². The van der Waals surface area contributed by atoms with E-state index in [-0.39, 0.29) is 22.8 Å². The number of hydrogen-bond acceptors (Lipinski definition) is 1. The molecule has 0 spiro atoms. The topological polar surface area (TPSA) is 20.3 Å². The molecule has 3 rings (SSSR count). The van der Waals surface area contributed by atoms with Gasteiger partial charge in [-0.05, 0) is 62.4 Å². The summed E-state index contributed by atoms with van der Waals surface area (Å²) in [7, 11) is 0. The molecule has 1 heterocycles. The number of anilines is 1. The van der Waals surface area contributed by atoms with Crippen LogP contribution in [0.3, 0.4) is 0 Å². The predicted octanol–water partition coefficient (Wildman–Crippen LogP) is 6.60. The van der Waals surface area contributed by atoms with Gasteiger partial charge in [0.1, 0.15) is 0 Å². The lowest BCUT2D eigenvalue weighted by atomic mass is 9.65. The summed E-state index contributed by atoms with van der Waals surface area (Å²) in [6, 6.07) is 16.5. The molecular weight excluding hydrogens is 354 g/mol. The number of fused-ring (bicyclic) bond motifs is 1. The van der Waals surface area contributed by atoms with Gasteiger partial charge in [0.05, 0.1) is 0 Å². The maximum absolute atomic E-state index is 13.4. The second-order valence-electron chi connectivity index (χ2n) is 8.53. The van der Waals surface area contributed by atoms with E-state index in [0.717, 1.165) is 30.0 Å². The third kappa shape index (κ3) is 3.40. The lowest BCUT2D eigenvalue weighted by Crippen LogP contribution is -2.57. The van der Waals surface area contributed by atoms with Gasteiger partial charge >= 0.3 is 0 Å². The standard InChI is InChI=1S/C24H30ClNO/c1-6-17(7-2)22(27)26-21-11-9-8-10-20(21)24(5,16-23(26,3)4)18-12-14-19(25)15-13-18/h8-15,17H,6-7,16H2,1-5H3/t24-/m1/s1. The van der Waals surface area contributed by atoms with Crippen LogP contribution in [0, 0.1) is 5.92 Å². The van der Waals surface area contributed by atoms with E-state index in [1.54, 1.807) is 0 Å². The van der Waals surface area contributed by atoms with Crippen molar-refractivity contribution in [2.24, 2.45) is 5.92 Å². The van der Waals surface area contributed by atoms with Crippen LogP contribution >= 0.6 is 11.6 Å². The molecular formula is C24H30ClNO. The normalized spacial score (nSPS) is 21.2. The van der Waals surface area contributed by atoms with Crippen molar-refractivity contribution in [2.45, 2.75) is 64.8 Å². The lowest BCUT2D eigenvalue weighted by molar-refractivity contribution is -0.124. The van der Waals surface area contributed by atoms with Crippen molar-refractivity contribution in [1.82, 2.24) is 0 Å². The first-order valence-corrected chi connectivity index (χ1v) is 10.3. The number of halogens is 1. The van der Waals surface area contributed by atoms with Crippen molar-refractivity contribution in [2.75, 3.05) is 4.90 Å². The summed E-state index contributed by atoms with van der Waals surface area (Å²) in [5.74, 6) is 0.313. The minimum absolute atomic E-state index is 0.0669. The first-order valence-electron chi connectivity index (χ1n) is 9.94. The SMILES string of the molecule is CCC(CC)C(=O)N1c2ccccc2[C@@](C)(c2ccc(Cl)cc2)CC1(C)C. The fourth-order valence-electron chi connectivity index (χ4n) is 4.81. The molecule has 0 fully saturated rings. The van der Waals surface area contributed by atoms with Crippen LogP contribution in [0.15, 0.2) is 48.5 Å². The first kappa shape index (κ1) is 19.9. The Kier molecular flexibility index (Phi) is 5.40. The molecule has 1 aliphatic heterocycles. The molecule has 0 unspecified atom stereocenters. The zero-order chi connectivity index (χ0) is 19.8. The van der Waals surface area contributed by atoms with Crippen molar-refractivity contribution in [3.63, 3.8) is 0 Å². The second-order valence-corrected chi connectivity index (χ2v) is 8.97. The predicted molar refractivity (Wildman–Crippen MR) is 115 cm³/mol. The third-order valence-corrected chi connectivity index (χ3v) is 6.42. The van der Waals surface area contributed by atoms with Crippen LogP contribution in [0.25, 0.3) is 0 Å². The first-order chi connectivity index (χ1) is 12.7. The van der Waals surface area contributed by atoms with Gasteiger partial charge in [-0.15, -0.1) is 0 Å². The van der Waals surface area contributed by atoms with Gasteiger partial charge in [-0.1, -0.05) is 62.7 Å². The third-order valence-electron chi connectivity index (χ3n) is 6.17. The smallest absolute Gasteiger partial charge is 0.230 e. The van der Waals surface area contributed by atoms with Crippen molar-refractivity contribution < 1.29 is 4.79 Å². The summed E-state index contributed by atoms with van der Waals surface area (Å²) in [5, 5.41) is 0.747. The number of para-hydroxylation sites is 1. The van der Waals surface area contributed by atoms with Crippen molar-refractivity contribution in [3.8, 4) is 0 Å². The van der Waals surface area contributed by atoms with Crippen LogP contribution in [-0.2, 0) is 10.2 Å². The summed E-state index contributed by atoms with van der Waals surface area (Å²) in [6.07, 6.45) is 2.61. The summed E-state index contributed by atoms with van der Waals surface area (Å²) < 4.78 is 0. The molecule has 2 nitrogen and oxygen atoms in total. The summed E-state index contributed by atoms with van der Waals surface area (Å²) >= 11 is 6.13. The number of rotatable bonds is 4. The van der Waals surface area contributed by atoms with E-state index < -0.39 is 0 Å². The van der Waals surface area contributed by atoms with Crippen molar-refractivity contribution in [1.29, 1.82) is 0 Å². The molecule has 0 saturated heterocycles. The Morgan fingerprint density at radius 1 is 1.04 bits per heavy atom. The molecule has 1 atom stereocenters. The minimum atomic E-state index is -0.275. The van der Waals surface area contributed by atoms with E-state index in [1.165, 1.54) is 11.1 Å². The van der Waals surface area contributed by atoms with E-state index in [2.05, 4.69) is 69.9 Å². The molecule has 0 saturated carbocycles. The lowest BCUT2D eigenvalue weighted by Gasteiger charge is -2.52. The van der Waals surface area contributed by atoms with E-state index in [4.69, 9.17) is 11.6 Å². The highest BCUT2D eigenvalue weighted by molar-refractivity contribution is 6.30. The highest BCUT2D eigenvalue weighted by Gasteiger charge is 2.48. The van der Waals surface area contributed by atoms with Crippen LogP contribution < -0.4 is 4.90 Å². The average molecular weight is 384 g/mol. The molecule has 2 aromatic rings.